The molecule has 4 heteroatoms. The monoisotopic (exact) mass is 410 g/mol. The summed E-state index contributed by atoms with van der Waals surface area (Å²) in [5.41, 5.74) is 0. The van der Waals surface area contributed by atoms with Crippen LogP contribution in [0.25, 0.3) is 43.1 Å². The molecule has 0 nitrogen and oxygen atoms in total. The van der Waals surface area contributed by atoms with E-state index in [2.05, 4.69) is 60.7 Å². The van der Waals surface area contributed by atoms with E-state index in [0.717, 1.165) is 16.0 Å². The van der Waals surface area contributed by atoms with Crippen molar-refractivity contribution in [2.24, 2.45) is 0 Å². The first kappa shape index (κ1) is 16.4. The van der Waals surface area contributed by atoms with Gasteiger partial charge in [-0.15, -0.1) is 33.2 Å². The molecule has 126 valence electrons. The molecule has 0 aliphatic rings. The van der Waals surface area contributed by atoms with Gasteiger partial charge in [0, 0.05) is 0 Å². The number of halogens is 3. The van der Waals surface area contributed by atoms with Crippen molar-refractivity contribution in [3.05, 3.63) is 78.9 Å². The molecule has 0 aliphatic heterocycles. The highest BCUT2D eigenvalue weighted by Gasteiger charge is 2.27. The lowest BCUT2D eigenvalue weighted by atomic mass is 9.97. The fourth-order valence-corrected chi connectivity index (χ4v) is 5.27. The van der Waals surface area contributed by atoms with Gasteiger partial charge in [0.15, 0.2) is 0 Å². The zero-order valence-electron chi connectivity index (χ0n) is 13.6. The van der Waals surface area contributed by atoms with Gasteiger partial charge in [-0.25, -0.2) is 0 Å². The predicted octanol–water partition coefficient (Wildman–Crippen LogP) is 7.16. The molecule has 0 saturated carbocycles. The summed E-state index contributed by atoms with van der Waals surface area (Å²) in [7, 11) is 0. The SMILES string of the molecule is Cl[Si](Cl)(Cl)c1ccc2cc3cc4cc5ccccc5cc4cc3cc2c1. The zero-order chi connectivity index (χ0) is 17.9. The number of rotatable bonds is 1. The van der Waals surface area contributed by atoms with Crippen LogP contribution in [0, 0.1) is 0 Å². The fraction of sp³-hybridized carbons (Fsp3) is 0. The van der Waals surface area contributed by atoms with Crippen molar-refractivity contribution in [1.82, 2.24) is 0 Å². The Morgan fingerprint density at radius 1 is 0.423 bits per heavy atom. The van der Waals surface area contributed by atoms with Crippen LogP contribution in [0.2, 0.25) is 0 Å². The molecular weight excluding hydrogens is 399 g/mol. The minimum absolute atomic E-state index is 0.820. The maximum atomic E-state index is 6.18. The third kappa shape index (κ3) is 2.76. The quantitative estimate of drug-likeness (QED) is 0.156. The van der Waals surface area contributed by atoms with Crippen LogP contribution in [-0.4, -0.2) is 6.00 Å². The summed E-state index contributed by atoms with van der Waals surface area (Å²) in [6.45, 7) is 0. The van der Waals surface area contributed by atoms with Crippen LogP contribution in [0.5, 0.6) is 0 Å². The molecule has 0 aliphatic carbocycles. The second-order valence-corrected chi connectivity index (χ2v) is 15.1. The highest BCUT2D eigenvalue weighted by atomic mass is 35.8. The van der Waals surface area contributed by atoms with E-state index < -0.39 is 6.00 Å². The van der Waals surface area contributed by atoms with Crippen molar-refractivity contribution in [3.63, 3.8) is 0 Å². The molecule has 5 rings (SSSR count). The average Bonchev–Trinajstić information content (AvgIpc) is 2.61. The van der Waals surface area contributed by atoms with Gasteiger partial charge in [0.2, 0.25) is 0 Å². The molecule has 0 spiro atoms. The summed E-state index contributed by atoms with van der Waals surface area (Å²) in [6, 6.07) is 25.0. The first-order valence-corrected chi connectivity index (χ1v) is 13.4. The lowest BCUT2D eigenvalue weighted by Gasteiger charge is -2.11. The van der Waals surface area contributed by atoms with Crippen LogP contribution < -0.4 is 5.19 Å². The van der Waals surface area contributed by atoms with Crippen LogP contribution in [0.1, 0.15) is 0 Å². The largest absolute Gasteiger partial charge is 0.372 e. The maximum Gasteiger partial charge on any atom is 0.372 e. The van der Waals surface area contributed by atoms with Gasteiger partial charge in [0.05, 0.1) is 0 Å². The molecule has 0 amide bonds. The summed E-state index contributed by atoms with van der Waals surface area (Å²) >= 11 is 18.5. The Hall–Kier alpha value is -1.77. The lowest BCUT2D eigenvalue weighted by Crippen LogP contribution is -2.29. The summed E-state index contributed by atoms with van der Waals surface area (Å²) < 4.78 is 0. The van der Waals surface area contributed by atoms with E-state index in [1.54, 1.807) is 0 Å². The van der Waals surface area contributed by atoms with E-state index in [4.69, 9.17) is 33.2 Å². The number of benzene rings is 5. The van der Waals surface area contributed by atoms with E-state index in [1.807, 2.05) is 18.2 Å². The van der Waals surface area contributed by atoms with Crippen LogP contribution in [-0.2, 0) is 0 Å². The van der Waals surface area contributed by atoms with Crippen LogP contribution >= 0.6 is 33.2 Å². The molecule has 5 aromatic carbocycles. The van der Waals surface area contributed by atoms with Crippen molar-refractivity contribution in [2.45, 2.75) is 0 Å². The molecule has 0 bridgehead atoms. The molecule has 0 aromatic heterocycles. The van der Waals surface area contributed by atoms with E-state index in [9.17, 15) is 0 Å². The molecular formula is C22H13Cl3Si. The normalized spacial score (nSPS) is 12.4. The third-order valence-corrected chi connectivity index (χ3v) is 7.87. The highest BCUT2D eigenvalue weighted by Crippen LogP contribution is 2.30. The van der Waals surface area contributed by atoms with Crippen molar-refractivity contribution in [1.29, 1.82) is 0 Å². The van der Waals surface area contributed by atoms with Gasteiger partial charge in [0.25, 0.3) is 0 Å². The Balaban J connectivity index is 1.81. The van der Waals surface area contributed by atoms with Crippen LogP contribution in [0.15, 0.2) is 78.9 Å². The lowest BCUT2D eigenvalue weighted by molar-refractivity contribution is 1.79. The molecule has 0 saturated heterocycles. The summed E-state index contributed by atoms with van der Waals surface area (Å²) in [4.78, 5) is 0. The van der Waals surface area contributed by atoms with Gasteiger partial charge in [0.1, 0.15) is 0 Å². The average molecular weight is 412 g/mol. The second-order valence-electron chi connectivity index (χ2n) is 6.66. The van der Waals surface area contributed by atoms with Crippen LogP contribution in [0.4, 0.5) is 0 Å². The first-order chi connectivity index (χ1) is 12.5. The topological polar surface area (TPSA) is 0 Å². The summed E-state index contributed by atoms with van der Waals surface area (Å²) in [5, 5.41) is 10.5. The first-order valence-electron chi connectivity index (χ1n) is 8.35. The van der Waals surface area contributed by atoms with Gasteiger partial charge in [-0.2, -0.15) is 0 Å². The number of hydrogen-bond donors (Lipinski definition) is 0. The number of hydrogen-bond acceptors (Lipinski definition) is 0. The third-order valence-electron chi connectivity index (χ3n) is 4.94. The summed E-state index contributed by atoms with van der Waals surface area (Å²) in [5.74, 6) is 0. The molecule has 0 radical (unpaired) electrons. The Kier molecular flexibility index (Phi) is 3.70. The molecule has 26 heavy (non-hydrogen) atoms. The minimum Gasteiger partial charge on any atom is -0.121 e. The van der Waals surface area contributed by atoms with Gasteiger partial charge in [-0.3, -0.25) is 0 Å². The number of fused-ring (bicyclic) bond motifs is 4. The Labute approximate surface area is 166 Å². The Bertz CT molecular complexity index is 1320. The van der Waals surface area contributed by atoms with Crippen molar-refractivity contribution in [2.75, 3.05) is 0 Å². The standard InChI is InChI=1S/C22H13Cl3Si/c23-26(24,25)22-6-5-16-9-19-10-17-7-14-3-1-2-4-15(14)8-18(17)11-20(19)12-21(16)13-22/h1-13H. The molecule has 0 N–H and O–H groups in total. The van der Waals surface area contributed by atoms with E-state index in [-0.39, 0.29) is 0 Å². The van der Waals surface area contributed by atoms with Crippen LogP contribution in [0.3, 0.4) is 0 Å². The van der Waals surface area contributed by atoms with Gasteiger partial charge in [-0.05, 0) is 84.7 Å². The van der Waals surface area contributed by atoms with E-state index in [0.29, 0.717) is 0 Å². The van der Waals surface area contributed by atoms with Crippen molar-refractivity contribution in [3.8, 4) is 0 Å². The summed E-state index contributed by atoms with van der Waals surface area (Å²) in [6.07, 6.45) is 0. The fourth-order valence-electron chi connectivity index (χ4n) is 3.62. The minimum atomic E-state index is -2.88. The molecule has 0 heterocycles. The predicted molar refractivity (Wildman–Crippen MR) is 119 cm³/mol. The molecule has 0 unspecified atom stereocenters. The van der Waals surface area contributed by atoms with E-state index >= 15 is 0 Å². The highest BCUT2D eigenvalue weighted by molar-refractivity contribution is 7.69. The smallest absolute Gasteiger partial charge is 0.121 e. The Morgan fingerprint density at radius 2 is 0.808 bits per heavy atom. The van der Waals surface area contributed by atoms with Gasteiger partial charge >= 0.3 is 6.00 Å². The molecule has 0 atom stereocenters. The van der Waals surface area contributed by atoms with E-state index in [1.165, 1.54) is 32.3 Å². The molecule has 0 fully saturated rings. The van der Waals surface area contributed by atoms with Gasteiger partial charge in [-0.1, -0.05) is 42.5 Å². The van der Waals surface area contributed by atoms with Crippen molar-refractivity contribution < 1.29 is 0 Å². The van der Waals surface area contributed by atoms with Crippen molar-refractivity contribution >= 4 is 87.5 Å². The second kappa shape index (κ2) is 5.87. The molecule has 5 aromatic rings. The zero-order valence-corrected chi connectivity index (χ0v) is 16.9. The maximum absolute atomic E-state index is 6.18. The Morgan fingerprint density at radius 3 is 1.27 bits per heavy atom. The van der Waals surface area contributed by atoms with Gasteiger partial charge < -0.3 is 0 Å².